The molecule has 0 radical (unpaired) electrons. The molecule has 1 unspecified atom stereocenters. The SMILES string of the molecule is CC(=O)C(C(C)=O)(C(C)=O)C(=O)OCC(O)CO. The third-order valence-corrected chi connectivity index (χ3v) is 2.51. The number of rotatable bonds is 7. The van der Waals surface area contributed by atoms with Crippen LogP contribution in [-0.2, 0) is 23.9 Å². The maximum absolute atomic E-state index is 11.7. The number of esters is 1. The second-order valence-corrected chi connectivity index (χ2v) is 3.85. The highest BCUT2D eigenvalue weighted by Crippen LogP contribution is 2.24. The van der Waals surface area contributed by atoms with E-state index in [1.165, 1.54) is 0 Å². The van der Waals surface area contributed by atoms with E-state index in [1.807, 2.05) is 0 Å². The van der Waals surface area contributed by atoms with Crippen molar-refractivity contribution in [3.8, 4) is 0 Å². The third-order valence-electron chi connectivity index (χ3n) is 2.51. The van der Waals surface area contributed by atoms with Crippen LogP contribution in [-0.4, -0.2) is 52.8 Å². The fourth-order valence-corrected chi connectivity index (χ4v) is 1.51. The van der Waals surface area contributed by atoms with Crippen LogP contribution >= 0.6 is 0 Å². The minimum Gasteiger partial charge on any atom is -0.461 e. The lowest BCUT2D eigenvalue weighted by atomic mass is 9.77. The van der Waals surface area contributed by atoms with Gasteiger partial charge in [0, 0.05) is 0 Å². The Hall–Kier alpha value is -1.60. The zero-order chi connectivity index (χ0) is 14.5. The Balaban J connectivity index is 5.22. The highest BCUT2D eigenvalue weighted by molar-refractivity contribution is 6.36. The zero-order valence-corrected chi connectivity index (χ0v) is 10.4. The highest BCUT2D eigenvalue weighted by atomic mass is 16.5. The molecule has 7 heteroatoms. The van der Waals surface area contributed by atoms with Crippen LogP contribution in [0.3, 0.4) is 0 Å². The standard InChI is InChI=1S/C11H16O7/c1-6(13)11(7(2)14,8(3)15)10(17)18-5-9(16)4-12/h9,12,16H,4-5H2,1-3H3. The second kappa shape index (κ2) is 6.36. The van der Waals surface area contributed by atoms with Crippen LogP contribution in [0, 0.1) is 5.41 Å². The first-order chi connectivity index (χ1) is 8.21. The number of ether oxygens (including phenoxy) is 1. The number of aliphatic hydroxyl groups is 2. The van der Waals surface area contributed by atoms with Gasteiger partial charge in [-0.15, -0.1) is 0 Å². The van der Waals surface area contributed by atoms with E-state index in [2.05, 4.69) is 4.74 Å². The summed E-state index contributed by atoms with van der Waals surface area (Å²) in [6.45, 7) is 1.55. The smallest absolute Gasteiger partial charge is 0.335 e. The third kappa shape index (κ3) is 2.99. The van der Waals surface area contributed by atoms with Crippen LogP contribution in [0.2, 0.25) is 0 Å². The molecule has 2 N–H and O–H groups in total. The van der Waals surface area contributed by atoms with Crippen LogP contribution in [0.15, 0.2) is 0 Å². The van der Waals surface area contributed by atoms with Gasteiger partial charge in [0.25, 0.3) is 0 Å². The van der Waals surface area contributed by atoms with E-state index in [9.17, 15) is 19.2 Å². The number of carbonyl (C=O) groups is 4. The van der Waals surface area contributed by atoms with E-state index in [4.69, 9.17) is 10.2 Å². The molecule has 0 amide bonds. The largest absolute Gasteiger partial charge is 0.461 e. The maximum Gasteiger partial charge on any atom is 0.335 e. The van der Waals surface area contributed by atoms with Gasteiger partial charge in [-0.3, -0.25) is 14.4 Å². The lowest BCUT2D eigenvalue weighted by Crippen LogP contribution is -2.51. The van der Waals surface area contributed by atoms with Gasteiger partial charge in [-0.2, -0.15) is 0 Å². The van der Waals surface area contributed by atoms with Gasteiger partial charge < -0.3 is 14.9 Å². The molecule has 0 saturated heterocycles. The van der Waals surface area contributed by atoms with Crippen LogP contribution < -0.4 is 0 Å². The first-order valence-corrected chi connectivity index (χ1v) is 5.20. The summed E-state index contributed by atoms with van der Waals surface area (Å²) in [6, 6.07) is 0. The van der Waals surface area contributed by atoms with Crippen LogP contribution in [0.4, 0.5) is 0 Å². The summed E-state index contributed by atoms with van der Waals surface area (Å²) in [5.41, 5.74) is -2.48. The van der Waals surface area contributed by atoms with Gasteiger partial charge >= 0.3 is 5.97 Å². The van der Waals surface area contributed by atoms with Crippen molar-refractivity contribution in [3.05, 3.63) is 0 Å². The molecule has 0 aromatic carbocycles. The minimum atomic E-state index is -2.48. The van der Waals surface area contributed by atoms with Crippen LogP contribution in [0.5, 0.6) is 0 Å². The Bertz CT molecular complexity index is 336. The Labute approximate surface area is 104 Å². The van der Waals surface area contributed by atoms with Crippen LogP contribution in [0.25, 0.3) is 0 Å². The summed E-state index contributed by atoms with van der Waals surface area (Å²) in [4.78, 5) is 46.1. The van der Waals surface area contributed by atoms with Gasteiger partial charge in [-0.1, -0.05) is 0 Å². The van der Waals surface area contributed by atoms with Crippen molar-refractivity contribution >= 4 is 23.3 Å². The summed E-state index contributed by atoms with van der Waals surface area (Å²) < 4.78 is 4.53. The number of hydrogen-bond acceptors (Lipinski definition) is 7. The molecule has 0 rings (SSSR count). The van der Waals surface area contributed by atoms with E-state index in [-0.39, 0.29) is 0 Å². The Kier molecular flexibility index (Phi) is 5.80. The lowest BCUT2D eigenvalue weighted by molar-refractivity contribution is -0.168. The first-order valence-electron chi connectivity index (χ1n) is 5.20. The molecule has 0 aromatic rings. The molecule has 0 spiro atoms. The molecule has 0 saturated carbocycles. The fraction of sp³-hybridized carbons (Fsp3) is 0.636. The predicted octanol–water partition coefficient (Wildman–Crippen LogP) is -1.36. The average Bonchev–Trinajstić information content (AvgIpc) is 2.24. The summed E-state index contributed by atoms with van der Waals surface area (Å²) in [7, 11) is 0. The van der Waals surface area contributed by atoms with Crippen molar-refractivity contribution in [2.45, 2.75) is 26.9 Å². The van der Waals surface area contributed by atoms with Gasteiger partial charge in [0.05, 0.1) is 6.61 Å². The molecule has 0 bridgehead atoms. The van der Waals surface area contributed by atoms with Gasteiger partial charge in [0.1, 0.15) is 12.7 Å². The molecule has 0 fully saturated rings. The Morgan fingerprint density at radius 2 is 1.44 bits per heavy atom. The molecule has 0 aliphatic rings. The van der Waals surface area contributed by atoms with Crippen molar-refractivity contribution in [1.29, 1.82) is 0 Å². The van der Waals surface area contributed by atoms with Crippen molar-refractivity contribution in [3.63, 3.8) is 0 Å². The molecule has 0 aliphatic heterocycles. The number of ketones is 3. The topological polar surface area (TPSA) is 118 Å². The van der Waals surface area contributed by atoms with E-state index in [1.54, 1.807) is 0 Å². The Morgan fingerprint density at radius 1 is 1.06 bits per heavy atom. The number of hydrogen-bond donors (Lipinski definition) is 2. The van der Waals surface area contributed by atoms with Crippen molar-refractivity contribution in [2.24, 2.45) is 5.41 Å². The Morgan fingerprint density at radius 3 is 1.72 bits per heavy atom. The molecule has 0 aliphatic carbocycles. The molecular weight excluding hydrogens is 244 g/mol. The van der Waals surface area contributed by atoms with Crippen molar-refractivity contribution in [1.82, 2.24) is 0 Å². The summed E-state index contributed by atoms with van der Waals surface area (Å²) in [5, 5.41) is 17.5. The minimum absolute atomic E-state index is 0.606. The molecular formula is C11H16O7. The number of Topliss-reactive ketones (excluding diaryl/α,β-unsaturated/α-hetero) is 3. The first kappa shape index (κ1) is 16.4. The molecule has 1 atom stereocenters. The normalized spacial score (nSPS) is 12.7. The predicted molar refractivity (Wildman–Crippen MR) is 58.5 cm³/mol. The van der Waals surface area contributed by atoms with E-state index >= 15 is 0 Å². The summed E-state index contributed by atoms with van der Waals surface area (Å²) >= 11 is 0. The van der Waals surface area contributed by atoms with Gasteiger partial charge in [-0.25, -0.2) is 4.79 Å². The zero-order valence-electron chi connectivity index (χ0n) is 10.4. The van der Waals surface area contributed by atoms with Gasteiger partial charge in [0.15, 0.2) is 17.3 Å². The van der Waals surface area contributed by atoms with Gasteiger partial charge in [-0.05, 0) is 20.8 Å². The molecule has 18 heavy (non-hydrogen) atoms. The van der Waals surface area contributed by atoms with Crippen LogP contribution in [0.1, 0.15) is 20.8 Å². The molecule has 7 nitrogen and oxygen atoms in total. The van der Waals surface area contributed by atoms with E-state index in [0.29, 0.717) is 0 Å². The van der Waals surface area contributed by atoms with Crippen molar-refractivity contribution in [2.75, 3.05) is 13.2 Å². The maximum atomic E-state index is 11.7. The highest BCUT2D eigenvalue weighted by Gasteiger charge is 2.54. The molecule has 0 heterocycles. The lowest BCUT2D eigenvalue weighted by Gasteiger charge is -2.23. The molecule has 102 valence electrons. The second-order valence-electron chi connectivity index (χ2n) is 3.85. The number of carbonyl (C=O) groups excluding carboxylic acids is 4. The number of aliphatic hydroxyl groups excluding tert-OH is 2. The quantitative estimate of drug-likeness (QED) is 0.428. The van der Waals surface area contributed by atoms with E-state index in [0.717, 1.165) is 20.8 Å². The summed E-state index contributed by atoms with van der Waals surface area (Å²) in [5.74, 6) is -4.15. The van der Waals surface area contributed by atoms with Crippen molar-refractivity contribution < 1.29 is 34.1 Å². The molecule has 0 aromatic heterocycles. The fourth-order valence-electron chi connectivity index (χ4n) is 1.51. The van der Waals surface area contributed by atoms with Gasteiger partial charge in [0.2, 0.25) is 5.41 Å². The summed E-state index contributed by atoms with van der Waals surface area (Å²) in [6.07, 6.45) is -1.34. The monoisotopic (exact) mass is 260 g/mol. The van der Waals surface area contributed by atoms with E-state index < -0.39 is 48.1 Å². The average molecular weight is 260 g/mol.